The number of ether oxygens (including phenoxy) is 1. The molecule has 2 heterocycles. The van der Waals surface area contributed by atoms with Gasteiger partial charge in [0.2, 0.25) is 5.95 Å². The van der Waals surface area contributed by atoms with Crippen LogP contribution < -0.4 is 16.0 Å². The number of hydrogen-bond acceptors (Lipinski definition) is 6. The molecule has 0 radical (unpaired) electrons. The van der Waals surface area contributed by atoms with Crippen LogP contribution in [-0.2, 0) is 4.74 Å². The van der Waals surface area contributed by atoms with Gasteiger partial charge in [0.1, 0.15) is 11.6 Å². The van der Waals surface area contributed by atoms with Gasteiger partial charge in [-0.2, -0.15) is 9.97 Å². The van der Waals surface area contributed by atoms with Crippen molar-refractivity contribution in [2.45, 2.75) is 25.9 Å². The third kappa shape index (κ3) is 3.01. The average molecular weight is 251 g/mol. The van der Waals surface area contributed by atoms with Crippen molar-refractivity contribution in [1.29, 1.82) is 0 Å². The van der Waals surface area contributed by atoms with Crippen LogP contribution in [-0.4, -0.2) is 42.8 Å². The number of hydrogen-bond donors (Lipinski definition) is 2. The van der Waals surface area contributed by atoms with Gasteiger partial charge in [-0.3, -0.25) is 0 Å². The summed E-state index contributed by atoms with van der Waals surface area (Å²) in [6.07, 6.45) is 2.57. The minimum atomic E-state index is 0.294. The van der Waals surface area contributed by atoms with Crippen LogP contribution in [0.5, 0.6) is 0 Å². The van der Waals surface area contributed by atoms with Gasteiger partial charge in [0.05, 0.1) is 6.10 Å². The molecule has 0 aliphatic carbocycles. The van der Waals surface area contributed by atoms with Crippen molar-refractivity contribution in [1.82, 2.24) is 9.97 Å². The third-order valence-electron chi connectivity index (χ3n) is 3.14. The Hall–Kier alpha value is -1.56. The fourth-order valence-electron chi connectivity index (χ4n) is 2.16. The second-order valence-corrected chi connectivity index (χ2v) is 4.39. The molecule has 1 aliphatic heterocycles. The van der Waals surface area contributed by atoms with Gasteiger partial charge in [0.15, 0.2) is 0 Å². The van der Waals surface area contributed by atoms with Crippen LogP contribution in [0.1, 0.15) is 19.8 Å². The molecule has 1 atom stereocenters. The molecule has 0 amide bonds. The summed E-state index contributed by atoms with van der Waals surface area (Å²) in [6.45, 7) is 4.71. The molecule has 1 aliphatic rings. The predicted molar refractivity (Wildman–Crippen MR) is 72.9 cm³/mol. The quantitative estimate of drug-likeness (QED) is 0.816. The van der Waals surface area contributed by atoms with Crippen molar-refractivity contribution in [3.05, 3.63) is 6.07 Å². The van der Waals surface area contributed by atoms with E-state index in [1.165, 1.54) is 0 Å². The Morgan fingerprint density at radius 1 is 1.56 bits per heavy atom. The molecular weight excluding hydrogens is 230 g/mol. The van der Waals surface area contributed by atoms with E-state index >= 15 is 0 Å². The number of rotatable bonds is 5. The van der Waals surface area contributed by atoms with Gasteiger partial charge < -0.3 is 20.7 Å². The maximum absolute atomic E-state index is 5.72. The van der Waals surface area contributed by atoms with Crippen molar-refractivity contribution >= 4 is 17.6 Å². The zero-order chi connectivity index (χ0) is 13.0. The maximum atomic E-state index is 5.72. The zero-order valence-electron chi connectivity index (χ0n) is 11.0. The molecule has 100 valence electrons. The highest BCUT2D eigenvalue weighted by Crippen LogP contribution is 2.20. The van der Waals surface area contributed by atoms with Gasteiger partial charge in [-0.15, -0.1) is 0 Å². The highest BCUT2D eigenvalue weighted by atomic mass is 16.5. The fourth-order valence-corrected chi connectivity index (χ4v) is 2.16. The largest absolute Gasteiger partial charge is 0.376 e. The number of aromatic nitrogens is 2. The second kappa shape index (κ2) is 5.86. The van der Waals surface area contributed by atoms with Crippen molar-refractivity contribution < 1.29 is 4.74 Å². The van der Waals surface area contributed by atoms with Crippen molar-refractivity contribution in [3.63, 3.8) is 0 Å². The minimum Gasteiger partial charge on any atom is -0.376 e. The third-order valence-corrected chi connectivity index (χ3v) is 3.14. The van der Waals surface area contributed by atoms with E-state index in [9.17, 15) is 0 Å². The van der Waals surface area contributed by atoms with Crippen LogP contribution in [0.4, 0.5) is 17.6 Å². The molecule has 0 saturated carbocycles. The summed E-state index contributed by atoms with van der Waals surface area (Å²) in [7, 11) is 1.82. The van der Waals surface area contributed by atoms with E-state index in [0.717, 1.165) is 44.2 Å². The predicted octanol–water partition coefficient (Wildman–Crippen LogP) is 1.11. The van der Waals surface area contributed by atoms with Crippen LogP contribution in [0.3, 0.4) is 0 Å². The number of nitrogens with one attached hydrogen (secondary N) is 1. The molecule has 1 saturated heterocycles. The smallest absolute Gasteiger partial charge is 0.223 e. The van der Waals surface area contributed by atoms with E-state index in [1.807, 2.05) is 13.1 Å². The van der Waals surface area contributed by atoms with Gasteiger partial charge in [0.25, 0.3) is 0 Å². The van der Waals surface area contributed by atoms with Crippen molar-refractivity contribution in [3.8, 4) is 0 Å². The first kappa shape index (κ1) is 12.9. The first-order valence-electron chi connectivity index (χ1n) is 6.41. The molecule has 18 heavy (non-hydrogen) atoms. The summed E-state index contributed by atoms with van der Waals surface area (Å²) in [4.78, 5) is 10.6. The molecule has 0 aromatic carbocycles. The Bertz CT molecular complexity index is 392. The van der Waals surface area contributed by atoms with Crippen molar-refractivity contribution in [2.24, 2.45) is 0 Å². The molecule has 1 fully saturated rings. The van der Waals surface area contributed by atoms with Gasteiger partial charge in [0, 0.05) is 32.8 Å². The number of nitrogen functional groups attached to an aromatic ring is 1. The maximum Gasteiger partial charge on any atom is 0.223 e. The van der Waals surface area contributed by atoms with Crippen molar-refractivity contribution in [2.75, 3.05) is 42.7 Å². The number of likely N-dealkylation sites (N-methyl/N-ethyl adjacent to an activating group) is 1. The lowest BCUT2D eigenvalue weighted by atomic mass is 10.2. The van der Waals surface area contributed by atoms with E-state index < -0.39 is 0 Å². The summed E-state index contributed by atoms with van der Waals surface area (Å²) in [5, 5.41) is 2.99. The SMILES string of the molecule is CCN(CC1CCCO1)c1cc(NC)nc(N)n1. The van der Waals surface area contributed by atoms with E-state index in [2.05, 4.69) is 27.1 Å². The Kier molecular flexibility index (Phi) is 4.19. The Morgan fingerprint density at radius 2 is 2.39 bits per heavy atom. The molecule has 1 unspecified atom stereocenters. The molecule has 3 N–H and O–H groups in total. The molecule has 2 rings (SSSR count). The molecule has 1 aromatic rings. The number of anilines is 3. The van der Waals surface area contributed by atoms with Gasteiger partial charge in [-0.25, -0.2) is 0 Å². The Morgan fingerprint density at radius 3 is 3.00 bits per heavy atom. The zero-order valence-corrected chi connectivity index (χ0v) is 11.0. The average Bonchev–Trinajstić information content (AvgIpc) is 2.88. The lowest BCUT2D eigenvalue weighted by Crippen LogP contribution is -2.32. The molecule has 0 bridgehead atoms. The molecule has 1 aromatic heterocycles. The van der Waals surface area contributed by atoms with E-state index in [4.69, 9.17) is 10.5 Å². The molecular formula is C12H21N5O. The van der Waals surface area contributed by atoms with Gasteiger partial charge in [-0.1, -0.05) is 0 Å². The van der Waals surface area contributed by atoms with E-state index in [1.54, 1.807) is 0 Å². The topological polar surface area (TPSA) is 76.3 Å². The van der Waals surface area contributed by atoms with Gasteiger partial charge in [-0.05, 0) is 19.8 Å². The normalized spacial score (nSPS) is 18.9. The molecule has 6 nitrogen and oxygen atoms in total. The summed E-state index contributed by atoms with van der Waals surface area (Å²) < 4.78 is 5.66. The van der Waals surface area contributed by atoms with Crippen LogP contribution in [0.25, 0.3) is 0 Å². The molecule has 0 spiro atoms. The Balaban J connectivity index is 2.12. The standard InChI is InChI=1S/C12H21N5O/c1-3-17(8-9-5-4-6-18-9)11-7-10(14-2)15-12(13)16-11/h7,9H,3-6,8H2,1-2H3,(H3,13,14,15,16). The summed E-state index contributed by atoms with van der Waals surface area (Å²) in [6, 6.07) is 1.91. The number of nitrogens with zero attached hydrogens (tertiary/aromatic N) is 3. The van der Waals surface area contributed by atoms with Gasteiger partial charge >= 0.3 is 0 Å². The Labute approximate surface area is 108 Å². The van der Waals surface area contributed by atoms with Crippen LogP contribution in [0.15, 0.2) is 6.07 Å². The van der Waals surface area contributed by atoms with E-state index in [-0.39, 0.29) is 0 Å². The van der Waals surface area contributed by atoms with Crippen LogP contribution in [0.2, 0.25) is 0 Å². The number of nitrogens with two attached hydrogens (primary N) is 1. The first-order chi connectivity index (χ1) is 8.72. The van der Waals surface area contributed by atoms with Crippen LogP contribution in [0, 0.1) is 0 Å². The monoisotopic (exact) mass is 251 g/mol. The van der Waals surface area contributed by atoms with E-state index in [0.29, 0.717) is 12.1 Å². The fraction of sp³-hybridized carbons (Fsp3) is 0.667. The highest BCUT2D eigenvalue weighted by Gasteiger charge is 2.19. The highest BCUT2D eigenvalue weighted by molar-refractivity contribution is 5.52. The second-order valence-electron chi connectivity index (χ2n) is 4.39. The summed E-state index contributed by atoms with van der Waals surface area (Å²) in [5.41, 5.74) is 5.72. The first-order valence-corrected chi connectivity index (χ1v) is 6.41. The summed E-state index contributed by atoms with van der Waals surface area (Å²) >= 11 is 0. The van der Waals surface area contributed by atoms with Crippen LogP contribution >= 0.6 is 0 Å². The lowest BCUT2D eigenvalue weighted by Gasteiger charge is -2.25. The lowest BCUT2D eigenvalue weighted by molar-refractivity contribution is 0.115. The molecule has 6 heteroatoms. The minimum absolute atomic E-state index is 0.294. The summed E-state index contributed by atoms with van der Waals surface area (Å²) in [5.74, 6) is 1.88.